The SMILES string of the molecule is CCCCN1C(C)=C(C(=O)OCC)[C@@]2(C(c3nc(-c4ccc([N+](=O)[O-])cc4)nn3-c3ccccc3)c3nc(-c4ccc([N+](=O)[O-])cc4)nn3-c3ccccc3)C(=O)c3ccccc3[C@@]12O. The summed E-state index contributed by atoms with van der Waals surface area (Å²) in [5.41, 5.74) is -2.53. The number of non-ortho nitro benzene ring substituents is 2. The first kappa shape index (κ1) is 42.1. The molecule has 17 heteroatoms. The molecule has 2 aliphatic rings. The van der Waals surface area contributed by atoms with Gasteiger partial charge in [-0.3, -0.25) is 25.0 Å². The molecule has 2 atom stereocenters. The van der Waals surface area contributed by atoms with Crippen molar-refractivity contribution in [3.8, 4) is 34.2 Å². The number of benzene rings is 5. The van der Waals surface area contributed by atoms with E-state index in [-0.39, 0.29) is 64.5 Å². The van der Waals surface area contributed by atoms with Crippen LogP contribution in [0.15, 0.2) is 145 Å². The number of aromatic nitrogens is 6. The normalized spacial score (nSPS) is 17.7. The Morgan fingerprint density at radius 1 is 0.723 bits per heavy atom. The quantitative estimate of drug-likeness (QED) is 0.0622. The van der Waals surface area contributed by atoms with E-state index in [1.165, 1.54) is 57.9 Å². The van der Waals surface area contributed by atoms with E-state index in [9.17, 15) is 25.3 Å². The van der Waals surface area contributed by atoms with Gasteiger partial charge < -0.3 is 14.7 Å². The summed E-state index contributed by atoms with van der Waals surface area (Å²) in [4.78, 5) is 65.8. The van der Waals surface area contributed by atoms with Crippen LogP contribution in [0.2, 0.25) is 0 Å². The zero-order valence-electron chi connectivity index (χ0n) is 35.4. The first-order chi connectivity index (χ1) is 31.4. The van der Waals surface area contributed by atoms with Gasteiger partial charge in [0.2, 0.25) is 0 Å². The van der Waals surface area contributed by atoms with Gasteiger partial charge in [0.15, 0.2) is 23.2 Å². The Kier molecular flexibility index (Phi) is 10.7. The van der Waals surface area contributed by atoms with Gasteiger partial charge in [-0.1, -0.05) is 74.0 Å². The fraction of sp³-hybridized carbons (Fsp3) is 0.208. The van der Waals surface area contributed by atoms with Gasteiger partial charge in [0.05, 0.1) is 33.4 Å². The highest BCUT2D eigenvalue weighted by Gasteiger charge is 2.77. The fourth-order valence-electron chi connectivity index (χ4n) is 9.26. The topological polar surface area (TPSA) is 215 Å². The maximum absolute atomic E-state index is 16.3. The molecule has 0 fully saturated rings. The largest absolute Gasteiger partial charge is 0.463 e. The van der Waals surface area contributed by atoms with Crippen LogP contribution >= 0.6 is 0 Å². The monoisotopic (exact) mass is 871 g/mol. The maximum atomic E-state index is 16.3. The number of hydrogen-bond donors (Lipinski definition) is 1. The smallest absolute Gasteiger partial charge is 0.337 e. The number of Topliss-reactive ketones (excluding diaryl/α,β-unsaturated/α-hetero) is 1. The van der Waals surface area contributed by atoms with Crippen LogP contribution in [0.1, 0.15) is 67.1 Å². The first-order valence-corrected chi connectivity index (χ1v) is 21.0. The third-order valence-electron chi connectivity index (χ3n) is 12.1. The number of nitro groups is 2. The summed E-state index contributed by atoms with van der Waals surface area (Å²) in [5.74, 6) is -2.68. The molecule has 3 heterocycles. The number of fused-ring (bicyclic) bond motifs is 3. The molecular formula is C48H41N9O8. The van der Waals surface area contributed by atoms with Gasteiger partial charge in [0, 0.05) is 58.8 Å². The van der Waals surface area contributed by atoms with Crippen LogP contribution in [0.5, 0.6) is 0 Å². The Hall–Kier alpha value is -8.18. The number of ether oxygens (including phenoxy) is 1. The number of ketones is 1. The molecule has 9 rings (SSSR count). The van der Waals surface area contributed by atoms with Crippen molar-refractivity contribution in [2.75, 3.05) is 13.2 Å². The number of nitro benzene ring substituents is 2. The van der Waals surface area contributed by atoms with Crippen molar-refractivity contribution in [3.63, 3.8) is 0 Å². The lowest BCUT2D eigenvalue weighted by Gasteiger charge is -2.45. The average Bonchev–Trinajstić information content (AvgIpc) is 4.06. The van der Waals surface area contributed by atoms with Gasteiger partial charge in [0.1, 0.15) is 23.0 Å². The first-order valence-electron chi connectivity index (χ1n) is 21.0. The minimum atomic E-state index is -2.32. The molecule has 0 radical (unpaired) electrons. The highest BCUT2D eigenvalue weighted by molar-refractivity contribution is 6.15. The second-order valence-corrected chi connectivity index (χ2v) is 15.7. The van der Waals surface area contributed by atoms with Crippen LogP contribution < -0.4 is 0 Å². The summed E-state index contributed by atoms with van der Waals surface area (Å²) in [6, 6.07) is 36.1. The second kappa shape index (κ2) is 16.5. The Morgan fingerprint density at radius 2 is 1.20 bits per heavy atom. The number of allylic oxidation sites excluding steroid dienone is 1. The predicted octanol–water partition coefficient (Wildman–Crippen LogP) is 8.11. The van der Waals surface area contributed by atoms with Crippen molar-refractivity contribution < 1.29 is 29.3 Å². The molecule has 0 amide bonds. The molecule has 0 bridgehead atoms. The number of aliphatic hydroxyl groups is 1. The van der Waals surface area contributed by atoms with E-state index in [1.807, 2.05) is 19.1 Å². The van der Waals surface area contributed by atoms with Crippen LogP contribution in [-0.2, 0) is 15.3 Å². The van der Waals surface area contributed by atoms with Gasteiger partial charge in [-0.25, -0.2) is 24.1 Å². The van der Waals surface area contributed by atoms with Crippen molar-refractivity contribution in [1.82, 2.24) is 34.4 Å². The highest BCUT2D eigenvalue weighted by atomic mass is 16.6. The van der Waals surface area contributed by atoms with Crippen molar-refractivity contribution in [2.45, 2.75) is 45.3 Å². The van der Waals surface area contributed by atoms with E-state index in [4.69, 9.17) is 24.9 Å². The lowest BCUT2D eigenvalue weighted by Crippen LogP contribution is -2.56. The molecule has 1 aliphatic carbocycles. The molecule has 7 aromatic rings. The van der Waals surface area contributed by atoms with E-state index in [2.05, 4.69) is 0 Å². The second-order valence-electron chi connectivity index (χ2n) is 15.7. The van der Waals surface area contributed by atoms with Crippen molar-refractivity contribution in [1.29, 1.82) is 0 Å². The van der Waals surface area contributed by atoms with E-state index in [1.54, 1.807) is 91.5 Å². The molecule has 326 valence electrons. The number of carbonyl (C=O) groups is 2. The molecule has 1 aliphatic heterocycles. The van der Waals surface area contributed by atoms with Gasteiger partial charge in [-0.2, -0.15) is 0 Å². The summed E-state index contributed by atoms with van der Waals surface area (Å²) in [7, 11) is 0. The minimum absolute atomic E-state index is 0.0518. The molecule has 0 saturated heterocycles. The summed E-state index contributed by atoms with van der Waals surface area (Å²) in [6.07, 6.45) is 1.28. The van der Waals surface area contributed by atoms with Crippen LogP contribution in [0.3, 0.4) is 0 Å². The number of esters is 1. The third kappa shape index (κ3) is 6.57. The van der Waals surface area contributed by atoms with Crippen molar-refractivity contribution in [2.24, 2.45) is 5.41 Å². The van der Waals surface area contributed by atoms with Gasteiger partial charge in [-0.05, 0) is 68.8 Å². The molecule has 1 N–H and O–H groups in total. The van der Waals surface area contributed by atoms with Crippen LogP contribution in [0.25, 0.3) is 34.2 Å². The zero-order valence-corrected chi connectivity index (χ0v) is 35.4. The fourth-order valence-corrected chi connectivity index (χ4v) is 9.26. The summed E-state index contributed by atoms with van der Waals surface area (Å²) in [6.45, 7) is 5.53. The van der Waals surface area contributed by atoms with Gasteiger partial charge in [-0.15, -0.1) is 10.2 Å². The third-order valence-corrected chi connectivity index (χ3v) is 12.1. The number of hydrogen-bond acceptors (Lipinski definition) is 13. The molecule has 17 nitrogen and oxygen atoms in total. The molecular weight excluding hydrogens is 831 g/mol. The Bertz CT molecular complexity index is 2880. The molecule has 0 unspecified atom stereocenters. The zero-order chi connectivity index (χ0) is 45.6. The Morgan fingerprint density at radius 3 is 1.66 bits per heavy atom. The maximum Gasteiger partial charge on any atom is 0.337 e. The average molecular weight is 872 g/mol. The van der Waals surface area contributed by atoms with Crippen LogP contribution in [-0.4, -0.2) is 74.3 Å². The van der Waals surface area contributed by atoms with Crippen molar-refractivity contribution >= 4 is 23.1 Å². The van der Waals surface area contributed by atoms with Gasteiger partial charge >= 0.3 is 5.97 Å². The molecule has 0 saturated carbocycles. The molecule has 2 aromatic heterocycles. The lowest BCUT2D eigenvalue weighted by atomic mass is 9.62. The van der Waals surface area contributed by atoms with E-state index < -0.39 is 38.7 Å². The molecule has 65 heavy (non-hydrogen) atoms. The standard InChI is InChI=1S/C48H41N9O8/c1-4-6-29-53-30(3)39(46(59)65-5-2)47(41(58)37-19-13-14-20-38(37)48(47,53)60)40(44-49-42(31-21-25-35(26-22-31)56(61)62)51-54(44)33-15-9-7-10-16-33)45-50-43(32-23-27-36(28-24-32)57(63)64)52-55(45)34-17-11-8-12-18-34/h7-28,40,60H,4-6,29H2,1-3H3/t47-,48+/m1/s1. The summed E-state index contributed by atoms with van der Waals surface area (Å²) in [5, 5.41) is 47.7. The summed E-state index contributed by atoms with van der Waals surface area (Å²) < 4.78 is 8.90. The van der Waals surface area contributed by atoms with Gasteiger partial charge in [0.25, 0.3) is 11.4 Å². The number of carbonyl (C=O) groups excluding carboxylic acids is 2. The minimum Gasteiger partial charge on any atom is -0.463 e. The van der Waals surface area contributed by atoms with E-state index in [0.717, 1.165) is 0 Å². The highest BCUT2D eigenvalue weighted by Crippen LogP contribution is 2.68. The Balaban J connectivity index is 1.46. The number of para-hydroxylation sites is 2. The molecule has 0 spiro atoms. The number of rotatable bonds is 14. The Labute approximate surface area is 371 Å². The molecule has 5 aromatic carbocycles. The van der Waals surface area contributed by atoms with Crippen LogP contribution in [0.4, 0.5) is 11.4 Å². The van der Waals surface area contributed by atoms with E-state index in [0.29, 0.717) is 41.0 Å². The number of unbranched alkanes of at least 4 members (excludes halogenated alkanes) is 1. The van der Waals surface area contributed by atoms with Crippen molar-refractivity contribution in [3.05, 3.63) is 188 Å². The predicted molar refractivity (Wildman–Crippen MR) is 237 cm³/mol. The lowest BCUT2D eigenvalue weighted by molar-refractivity contribution is -0.385. The summed E-state index contributed by atoms with van der Waals surface area (Å²) >= 11 is 0. The number of nitrogens with zero attached hydrogens (tertiary/aromatic N) is 9. The van der Waals surface area contributed by atoms with E-state index >= 15 is 9.59 Å². The van der Waals surface area contributed by atoms with Crippen LogP contribution in [0, 0.1) is 25.6 Å².